The summed E-state index contributed by atoms with van der Waals surface area (Å²) in [5.41, 5.74) is 2.19. The Balaban J connectivity index is 1.40. The Kier molecular flexibility index (Phi) is 5.33. The predicted octanol–water partition coefficient (Wildman–Crippen LogP) is 4.32. The summed E-state index contributed by atoms with van der Waals surface area (Å²) in [6.07, 6.45) is 0. The van der Waals surface area contributed by atoms with E-state index < -0.39 is 0 Å². The Bertz CT molecular complexity index is 1140. The van der Waals surface area contributed by atoms with Gasteiger partial charge in [0, 0.05) is 17.3 Å². The lowest BCUT2D eigenvalue weighted by molar-refractivity contribution is -0.118. The van der Waals surface area contributed by atoms with Gasteiger partial charge in [-0.05, 0) is 41.1 Å². The van der Waals surface area contributed by atoms with E-state index in [2.05, 4.69) is 15.5 Å². The Hall–Kier alpha value is -3.93. The van der Waals surface area contributed by atoms with Gasteiger partial charge >= 0.3 is 0 Å². The maximum Gasteiger partial charge on any atom is 0.262 e. The van der Waals surface area contributed by atoms with Crippen LogP contribution < -0.4 is 14.8 Å². The van der Waals surface area contributed by atoms with Crippen molar-refractivity contribution in [1.29, 1.82) is 0 Å². The molecule has 0 bridgehead atoms. The highest BCUT2D eigenvalue weighted by Gasteiger charge is 2.07. The molecule has 144 valence electrons. The van der Waals surface area contributed by atoms with Crippen molar-refractivity contribution in [2.45, 2.75) is 0 Å². The van der Waals surface area contributed by atoms with E-state index in [1.807, 2.05) is 72.8 Å². The van der Waals surface area contributed by atoms with E-state index in [-0.39, 0.29) is 12.5 Å². The van der Waals surface area contributed by atoms with Crippen molar-refractivity contribution >= 4 is 22.4 Å². The number of carbonyl (C=O) groups excluding carboxylic acids is 1. The number of hydrogen-bond acceptors (Lipinski definition) is 5. The number of benzene rings is 3. The minimum atomic E-state index is -0.240. The van der Waals surface area contributed by atoms with Crippen LogP contribution in [-0.2, 0) is 4.79 Å². The number of carbonyl (C=O) groups is 1. The van der Waals surface area contributed by atoms with Crippen LogP contribution in [0.1, 0.15) is 0 Å². The molecule has 3 aromatic carbocycles. The van der Waals surface area contributed by atoms with Crippen LogP contribution in [0.3, 0.4) is 0 Å². The molecule has 1 amide bonds. The number of amides is 1. The second-order valence-electron chi connectivity index (χ2n) is 6.39. The Labute approximate surface area is 168 Å². The summed E-state index contributed by atoms with van der Waals surface area (Å²) in [4.78, 5) is 12.3. The summed E-state index contributed by atoms with van der Waals surface area (Å²) in [5, 5.41) is 13.1. The highest BCUT2D eigenvalue weighted by molar-refractivity contribution is 5.92. The van der Waals surface area contributed by atoms with Gasteiger partial charge in [0.2, 0.25) is 5.88 Å². The van der Waals surface area contributed by atoms with Crippen molar-refractivity contribution < 1.29 is 14.3 Å². The number of hydrogen-bond donors (Lipinski definition) is 1. The minimum absolute atomic E-state index is 0.0785. The number of rotatable bonds is 6. The zero-order chi connectivity index (χ0) is 20.1. The summed E-state index contributed by atoms with van der Waals surface area (Å²) in [6.45, 7) is -0.0785. The second-order valence-corrected chi connectivity index (χ2v) is 6.39. The normalized spacial score (nSPS) is 10.5. The fraction of sp³-hybridized carbons (Fsp3) is 0.0870. The van der Waals surface area contributed by atoms with Crippen molar-refractivity contribution in [2.24, 2.45) is 0 Å². The number of ether oxygens (including phenoxy) is 2. The average Bonchev–Trinajstić information content (AvgIpc) is 2.78. The monoisotopic (exact) mass is 385 g/mol. The van der Waals surface area contributed by atoms with Crippen LogP contribution in [0.25, 0.3) is 22.0 Å². The molecular weight excluding hydrogens is 366 g/mol. The fourth-order valence-corrected chi connectivity index (χ4v) is 2.94. The third-order valence-corrected chi connectivity index (χ3v) is 4.38. The van der Waals surface area contributed by atoms with Crippen molar-refractivity contribution in [3.05, 3.63) is 78.9 Å². The van der Waals surface area contributed by atoms with Gasteiger partial charge < -0.3 is 14.8 Å². The molecule has 0 radical (unpaired) electrons. The van der Waals surface area contributed by atoms with E-state index in [9.17, 15) is 4.79 Å². The molecule has 0 atom stereocenters. The SMILES string of the molecule is COc1ccc(-c2cccc(NC(=O)COc3ccc4ccccc4c3)c2)nn1. The molecule has 0 spiro atoms. The smallest absolute Gasteiger partial charge is 0.262 e. The fourth-order valence-electron chi connectivity index (χ4n) is 2.94. The summed E-state index contributed by atoms with van der Waals surface area (Å²) < 4.78 is 10.7. The number of nitrogens with zero attached hydrogens (tertiary/aromatic N) is 2. The quantitative estimate of drug-likeness (QED) is 0.535. The van der Waals surface area contributed by atoms with Crippen LogP contribution in [0.2, 0.25) is 0 Å². The van der Waals surface area contributed by atoms with Crippen LogP contribution in [0.15, 0.2) is 78.9 Å². The van der Waals surface area contributed by atoms with E-state index in [1.165, 1.54) is 0 Å². The third-order valence-electron chi connectivity index (χ3n) is 4.38. The molecule has 0 aliphatic rings. The van der Waals surface area contributed by atoms with Gasteiger partial charge in [-0.15, -0.1) is 10.2 Å². The van der Waals surface area contributed by atoms with Gasteiger partial charge in [-0.1, -0.05) is 42.5 Å². The molecule has 1 aromatic heterocycles. The standard InChI is InChI=1S/C23H19N3O3/c1-28-23-12-11-21(25-26-23)18-7-4-8-19(13-18)24-22(27)15-29-20-10-9-16-5-2-3-6-17(16)14-20/h2-14H,15H2,1H3,(H,24,27). The molecule has 4 aromatic rings. The number of fused-ring (bicyclic) bond motifs is 1. The Morgan fingerprint density at radius 3 is 2.55 bits per heavy atom. The van der Waals surface area contributed by atoms with E-state index >= 15 is 0 Å². The first-order chi connectivity index (χ1) is 14.2. The van der Waals surface area contributed by atoms with Gasteiger partial charge in [-0.3, -0.25) is 4.79 Å². The van der Waals surface area contributed by atoms with Crippen LogP contribution in [-0.4, -0.2) is 29.8 Å². The zero-order valence-corrected chi connectivity index (χ0v) is 15.8. The summed E-state index contributed by atoms with van der Waals surface area (Å²) in [5.74, 6) is 0.862. The summed E-state index contributed by atoms with van der Waals surface area (Å²) >= 11 is 0. The van der Waals surface area contributed by atoms with E-state index in [4.69, 9.17) is 9.47 Å². The zero-order valence-electron chi connectivity index (χ0n) is 15.8. The molecule has 0 saturated carbocycles. The van der Waals surface area contributed by atoms with Crippen molar-refractivity contribution in [2.75, 3.05) is 19.0 Å². The van der Waals surface area contributed by atoms with E-state index in [0.717, 1.165) is 16.3 Å². The largest absolute Gasteiger partial charge is 0.484 e. The van der Waals surface area contributed by atoms with Crippen molar-refractivity contribution in [1.82, 2.24) is 10.2 Å². The van der Waals surface area contributed by atoms with E-state index in [0.29, 0.717) is 23.0 Å². The number of aromatic nitrogens is 2. The van der Waals surface area contributed by atoms with Gasteiger partial charge in [-0.25, -0.2) is 0 Å². The first-order valence-electron chi connectivity index (χ1n) is 9.11. The number of anilines is 1. The first-order valence-corrected chi connectivity index (χ1v) is 9.11. The molecule has 0 unspecified atom stereocenters. The molecule has 0 aliphatic heterocycles. The lowest BCUT2D eigenvalue weighted by Crippen LogP contribution is -2.20. The van der Waals surface area contributed by atoms with Crippen LogP contribution >= 0.6 is 0 Å². The highest BCUT2D eigenvalue weighted by atomic mass is 16.5. The Morgan fingerprint density at radius 1 is 0.897 bits per heavy atom. The second kappa shape index (κ2) is 8.39. The molecule has 6 nitrogen and oxygen atoms in total. The molecule has 0 aliphatic carbocycles. The number of nitrogens with one attached hydrogen (secondary N) is 1. The molecule has 0 fully saturated rings. The molecule has 1 N–H and O–H groups in total. The van der Waals surface area contributed by atoms with Gasteiger partial charge in [0.15, 0.2) is 6.61 Å². The summed E-state index contributed by atoms with van der Waals surface area (Å²) in [6, 6.07) is 24.7. The summed E-state index contributed by atoms with van der Waals surface area (Å²) in [7, 11) is 1.54. The highest BCUT2D eigenvalue weighted by Crippen LogP contribution is 2.22. The van der Waals surface area contributed by atoms with Crippen molar-refractivity contribution in [3.63, 3.8) is 0 Å². The topological polar surface area (TPSA) is 73.3 Å². The molecular formula is C23H19N3O3. The van der Waals surface area contributed by atoms with Crippen LogP contribution in [0.5, 0.6) is 11.6 Å². The minimum Gasteiger partial charge on any atom is -0.484 e. The van der Waals surface area contributed by atoms with Gasteiger partial charge in [-0.2, -0.15) is 0 Å². The van der Waals surface area contributed by atoms with Crippen LogP contribution in [0.4, 0.5) is 5.69 Å². The lowest BCUT2D eigenvalue weighted by atomic mass is 10.1. The predicted molar refractivity (Wildman–Crippen MR) is 112 cm³/mol. The molecule has 6 heteroatoms. The third kappa shape index (κ3) is 4.50. The molecule has 4 rings (SSSR count). The van der Waals surface area contributed by atoms with Crippen LogP contribution in [0, 0.1) is 0 Å². The molecule has 0 saturated heterocycles. The lowest BCUT2D eigenvalue weighted by Gasteiger charge is -2.09. The Morgan fingerprint density at radius 2 is 1.76 bits per heavy atom. The average molecular weight is 385 g/mol. The molecule has 29 heavy (non-hydrogen) atoms. The van der Waals surface area contributed by atoms with Gasteiger partial charge in [0.1, 0.15) is 5.75 Å². The van der Waals surface area contributed by atoms with Crippen molar-refractivity contribution in [3.8, 4) is 22.9 Å². The number of methoxy groups -OCH3 is 1. The van der Waals surface area contributed by atoms with Gasteiger partial charge in [0.05, 0.1) is 12.8 Å². The van der Waals surface area contributed by atoms with Gasteiger partial charge in [0.25, 0.3) is 5.91 Å². The first kappa shape index (κ1) is 18.4. The maximum atomic E-state index is 12.3. The van der Waals surface area contributed by atoms with E-state index in [1.54, 1.807) is 13.2 Å². The maximum absolute atomic E-state index is 12.3. The molecule has 1 heterocycles.